The van der Waals surface area contributed by atoms with Gasteiger partial charge in [0.25, 0.3) is 5.91 Å². The molecule has 0 atom stereocenters. The number of carbonyl (C=O) groups excluding carboxylic acids is 1. The highest BCUT2D eigenvalue weighted by molar-refractivity contribution is 6.31. The van der Waals surface area contributed by atoms with Gasteiger partial charge >= 0.3 is 0 Å². The summed E-state index contributed by atoms with van der Waals surface area (Å²) in [6.07, 6.45) is 1.34. The summed E-state index contributed by atoms with van der Waals surface area (Å²) in [6.45, 7) is 0. The minimum atomic E-state index is -0.365. The molecule has 0 aliphatic heterocycles. The van der Waals surface area contributed by atoms with E-state index in [1.807, 2.05) is 6.07 Å². The molecule has 1 aromatic heterocycles. The molecule has 0 saturated carbocycles. The van der Waals surface area contributed by atoms with Crippen LogP contribution in [0.1, 0.15) is 16.1 Å². The standard InChI is InChI=1S/C11H7ClN4O/c12-8-3-1-2-7(4-8)11(17)16-10-9(5-13)14-6-15-10/h1-4,6H,(H,14,15)(H,16,17). The smallest absolute Gasteiger partial charge is 0.256 e. The number of imidazole rings is 1. The van der Waals surface area contributed by atoms with Crippen molar-refractivity contribution >= 4 is 23.3 Å². The third-order valence-corrected chi connectivity index (χ3v) is 2.30. The van der Waals surface area contributed by atoms with Gasteiger partial charge in [-0.3, -0.25) is 4.79 Å². The minimum absolute atomic E-state index is 0.206. The van der Waals surface area contributed by atoms with Crippen LogP contribution >= 0.6 is 11.6 Å². The van der Waals surface area contributed by atoms with Gasteiger partial charge in [-0.1, -0.05) is 17.7 Å². The van der Waals surface area contributed by atoms with Crippen LogP contribution in [0.2, 0.25) is 5.02 Å². The first kappa shape index (κ1) is 11.2. The Morgan fingerprint density at radius 1 is 1.53 bits per heavy atom. The molecular formula is C11H7ClN4O. The maximum Gasteiger partial charge on any atom is 0.256 e. The number of aromatic amines is 1. The van der Waals surface area contributed by atoms with Crippen LogP contribution in [-0.4, -0.2) is 15.9 Å². The number of carbonyl (C=O) groups is 1. The fraction of sp³-hybridized carbons (Fsp3) is 0. The number of anilines is 1. The maximum absolute atomic E-state index is 11.8. The molecule has 0 unspecified atom stereocenters. The molecule has 5 nitrogen and oxygen atoms in total. The Kier molecular flexibility index (Phi) is 3.08. The van der Waals surface area contributed by atoms with Crippen molar-refractivity contribution in [3.05, 3.63) is 46.9 Å². The van der Waals surface area contributed by atoms with Gasteiger partial charge in [0.15, 0.2) is 11.5 Å². The lowest BCUT2D eigenvalue weighted by atomic mass is 10.2. The molecule has 2 aromatic rings. The Hall–Kier alpha value is -2.32. The zero-order valence-electron chi connectivity index (χ0n) is 8.57. The second-order valence-electron chi connectivity index (χ2n) is 3.20. The van der Waals surface area contributed by atoms with Gasteiger partial charge in [-0.05, 0) is 18.2 Å². The van der Waals surface area contributed by atoms with Crippen molar-refractivity contribution in [3.8, 4) is 6.07 Å². The molecule has 0 saturated heterocycles. The van der Waals surface area contributed by atoms with Gasteiger partial charge in [0.1, 0.15) is 6.07 Å². The highest BCUT2D eigenvalue weighted by Crippen LogP contribution is 2.13. The summed E-state index contributed by atoms with van der Waals surface area (Å²) in [5.74, 6) is -0.159. The Bertz CT molecular complexity index is 600. The number of aromatic nitrogens is 2. The minimum Gasteiger partial charge on any atom is -0.335 e. The molecule has 2 N–H and O–H groups in total. The van der Waals surface area contributed by atoms with Crippen molar-refractivity contribution in [1.29, 1.82) is 5.26 Å². The van der Waals surface area contributed by atoms with Crippen molar-refractivity contribution in [2.75, 3.05) is 5.32 Å². The van der Waals surface area contributed by atoms with Crippen LogP contribution in [0.4, 0.5) is 5.82 Å². The summed E-state index contributed by atoms with van der Waals surface area (Å²) >= 11 is 5.78. The van der Waals surface area contributed by atoms with Gasteiger partial charge in [-0.25, -0.2) is 4.98 Å². The van der Waals surface area contributed by atoms with E-state index >= 15 is 0 Å². The molecule has 84 valence electrons. The lowest BCUT2D eigenvalue weighted by molar-refractivity contribution is 0.102. The Morgan fingerprint density at radius 3 is 3.06 bits per heavy atom. The molecular weight excluding hydrogens is 240 g/mol. The van der Waals surface area contributed by atoms with Crippen molar-refractivity contribution in [3.63, 3.8) is 0 Å². The topological polar surface area (TPSA) is 81.6 Å². The second-order valence-corrected chi connectivity index (χ2v) is 3.64. The number of halogens is 1. The molecule has 0 bridgehead atoms. The van der Waals surface area contributed by atoms with Crippen LogP contribution in [0.5, 0.6) is 0 Å². The number of nitriles is 1. The summed E-state index contributed by atoms with van der Waals surface area (Å²) in [4.78, 5) is 18.2. The molecule has 17 heavy (non-hydrogen) atoms. The Morgan fingerprint density at radius 2 is 2.35 bits per heavy atom. The van der Waals surface area contributed by atoms with Gasteiger partial charge in [0, 0.05) is 10.6 Å². The van der Waals surface area contributed by atoms with Crippen LogP contribution in [0, 0.1) is 11.3 Å². The number of amides is 1. The number of hydrogen-bond acceptors (Lipinski definition) is 3. The Labute approximate surface area is 102 Å². The van der Waals surface area contributed by atoms with E-state index in [1.165, 1.54) is 12.4 Å². The fourth-order valence-electron chi connectivity index (χ4n) is 1.28. The molecule has 1 aromatic carbocycles. The largest absolute Gasteiger partial charge is 0.335 e. The monoisotopic (exact) mass is 246 g/mol. The zero-order chi connectivity index (χ0) is 12.3. The number of rotatable bonds is 2. The van der Waals surface area contributed by atoms with E-state index in [-0.39, 0.29) is 17.4 Å². The van der Waals surface area contributed by atoms with Gasteiger partial charge in [-0.2, -0.15) is 5.26 Å². The number of nitrogens with zero attached hydrogens (tertiary/aromatic N) is 2. The van der Waals surface area contributed by atoms with Crippen LogP contribution in [-0.2, 0) is 0 Å². The first-order chi connectivity index (χ1) is 8.20. The lowest BCUT2D eigenvalue weighted by Gasteiger charge is -2.02. The third-order valence-electron chi connectivity index (χ3n) is 2.07. The van der Waals surface area contributed by atoms with Gasteiger partial charge in [0.05, 0.1) is 6.33 Å². The van der Waals surface area contributed by atoms with Crippen molar-refractivity contribution < 1.29 is 4.79 Å². The molecule has 0 aliphatic rings. The Balaban J connectivity index is 2.21. The normalized spacial score (nSPS) is 9.65. The summed E-state index contributed by atoms with van der Waals surface area (Å²) in [6, 6.07) is 8.39. The second kappa shape index (κ2) is 4.68. The zero-order valence-corrected chi connectivity index (χ0v) is 9.32. The third kappa shape index (κ3) is 2.44. The summed E-state index contributed by atoms with van der Waals surface area (Å²) in [7, 11) is 0. The van der Waals surface area contributed by atoms with Crippen molar-refractivity contribution in [1.82, 2.24) is 9.97 Å². The number of nitrogens with one attached hydrogen (secondary N) is 2. The number of benzene rings is 1. The lowest BCUT2D eigenvalue weighted by Crippen LogP contribution is -2.12. The predicted molar refractivity (Wildman–Crippen MR) is 62.7 cm³/mol. The first-order valence-electron chi connectivity index (χ1n) is 4.71. The van der Waals surface area contributed by atoms with Crippen molar-refractivity contribution in [2.24, 2.45) is 0 Å². The van der Waals surface area contributed by atoms with E-state index in [0.29, 0.717) is 10.6 Å². The van der Waals surface area contributed by atoms with E-state index in [9.17, 15) is 4.79 Å². The van der Waals surface area contributed by atoms with E-state index < -0.39 is 0 Å². The van der Waals surface area contributed by atoms with E-state index in [1.54, 1.807) is 18.2 Å². The van der Waals surface area contributed by atoms with Gasteiger partial charge in [-0.15, -0.1) is 0 Å². The first-order valence-corrected chi connectivity index (χ1v) is 5.09. The molecule has 1 heterocycles. The maximum atomic E-state index is 11.8. The van der Waals surface area contributed by atoms with E-state index in [4.69, 9.17) is 16.9 Å². The predicted octanol–water partition coefficient (Wildman–Crippen LogP) is 2.19. The molecule has 0 radical (unpaired) electrons. The van der Waals surface area contributed by atoms with Crippen LogP contribution < -0.4 is 5.32 Å². The quantitative estimate of drug-likeness (QED) is 0.852. The summed E-state index contributed by atoms with van der Waals surface area (Å²) in [5.41, 5.74) is 0.616. The average molecular weight is 247 g/mol. The van der Waals surface area contributed by atoms with Crippen LogP contribution in [0.3, 0.4) is 0 Å². The van der Waals surface area contributed by atoms with E-state index in [2.05, 4.69) is 15.3 Å². The van der Waals surface area contributed by atoms with Crippen molar-refractivity contribution in [2.45, 2.75) is 0 Å². The molecule has 0 aliphatic carbocycles. The SMILES string of the molecule is N#Cc1[nH]cnc1NC(=O)c1cccc(Cl)c1. The summed E-state index contributed by atoms with van der Waals surface area (Å²) < 4.78 is 0. The number of hydrogen-bond donors (Lipinski definition) is 2. The summed E-state index contributed by atoms with van der Waals surface area (Å²) in [5, 5.41) is 11.7. The van der Waals surface area contributed by atoms with E-state index in [0.717, 1.165) is 0 Å². The molecule has 6 heteroatoms. The van der Waals surface area contributed by atoms with Gasteiger partial charge in [0.2, 0.25) is 0 Å². The molecule has 0 spiro atoms. The molecule has 0 fully saturated rings. The highest BCUT2D eigenvalue weighted by atomic mass is 35.5. The number of H-pyrrole nitrogens is 1. The average Bonchev–Trinajstić information content (AvgIpc) is 2.76. The van der Waals surface area contributed by atoms with Crippen LogP contribution in [0.15, 0.2) is 30.6 Å². The fourth-order valence-corrected chi connectivity index (χ4v) is 1.47. The molecule has 1 amide bonds. The highest BCUT2D eigenvalue weighted by Gasteiger charge is 2.11. The van der Waals surface area contributed by atoms with Gasteiger partial charge < -0.3 is 10.3 Å². The van der Waals surface area contributed by atoms with Crippen LogP contribution in [0.25, 0.3) is 0 Å². The molecule has 2 rings (SSSR count).